The second-order valence-electron chi connectivity index (χ2n) is 5.23. The Kier molecular flexibility index (Phi) is 6.25. The molecule has 1 aromatic heterocycles. The summed E-state index contributed by atoms with van der Waals surface area (Å²) in [7, 11) is 2.00. The van der Waals surface area contributed by atoms with Crippen LogP contribution >= 0.6 is 23.2 Å². The highest BCUT2D eigenvalue weighted by Gasteiger charge is 2.12. The van der Waals surface area contributed by atoms with E-state index in [1.165, 1.54) is 0 Å². The SMILES string of the molecule is CCCCN(C)c1ccnc(C(=O)Nc2cccc(Cl)c2Cl)c1. The molecule has 23 heavy (non-hydrogen) atoms. The lowest BCUT2D eigenvalue weighted by molar-refractivity contribution is 0.102. The lowest BCUT2D eigenvalue weighted by atomic mass is 10.2. The molecule has 0 aliphatic carbocycles. The van der Waals surface area contributed by atoms with Crippen molar-refractivity contribution in [3.05, 3.63) is 52.3 Å². The lowest BCUT2D eigenvalue weighted by Gasteiger charge is -2.19. The van der Waals surface area contributed by atoms with Crippen LogP contribution in [0.1, 0.15) is 30.3 Å². The Balaban J connectivity index is 2.15. The molecule has 0 bridgehead atoms. The van der Waals surface area contributed by atoms with Gasteiger partial charge in [0, 0.05) is 25.5 Å². The van der Waals surface area contributed by atoms with Crippen LogP contribution in [0.2, 0.25) is 10.0 Å². The molecule has 1 heterocycles. The number of hydrogen-bond acceptors (Lipinski definition) is 3. The number of benzene rings is 1. The third-order valence-corrected chi connectivity index (χ3v) is 4.28. The van der Waals surface area contributed by atoms with Crippen LogP contribution < -0.4 is 10.2 Å². The summed E-state index contributed by atoms with van der Waals surface area (Å²) < 4.78 is 0. The van der Waals surface area contributed by atoms with Crippen LogP contribution in [0.5, 0.6) is 0 Å². The predicted octanol–water partition coefficient (Wildman–Crippen LogP) is 4.88. The molecule has 122 valence electrons. The molecule has 0 atom stereocenters. The number of amides is 1. The van der Waals surface area contributed by atoms with Gasteiger partial charge in [0.2, 0.25) is 0 Å². The molecule has 4 nitrogen and oxygen atoms in total. The average molecular weight is 352 g/mol. The average Bonchev–Trinajstić information content (AvgIpc) is 2.57. The number of halogens is 2. The van der Waals surface area contributed by atoms with Crippen LogP contribution in [0.25, 0.3) is 0 Å². The van der Waals surface area contributed by atoms with Crippen LogP contribution in [0.15, 0.2) is 36.5 Å². The zero-order valence-electron chi connectivity index (χ0n) is 13.1. The summed E-state index contributed by atoms with van der Waals surface area (Å²) in [5, 5.41) is 3.45. The number of aromatic nitrogens is 1. The molecule has 0 aliphatic heterocycles. The van der Waals surface area contributed by atoms with Crippen LogP contribution in [-0.4, -0.2) is 24.5 Å². The van der Waals surface area contributed by atoms with Crippen molar-refractivity contribution >= 4 is 40.5 Å². The Morgan fingerprint density at radius 3 is 2.83 bits per heavy atom. The number of anilines is 2. The smallest absolute Gasteiger partial charge is 0.274 e. The number of nitrogens with one attached hydrogen (secondary N) is 1. The van der Waals surface area contributed by atoms with Gasteiger partial charge in [-0.05, 0) is 30.7 Å². The van der Waals surface area contributed by atoms with E-state index in [4.69, 9.17) is 23.2 Å². The fraction of sp³-hybridized carbons (Fsp3) is 0.294. The van der Waals surface area contributed by atoms with Crippen molar-refractivity contribution in [3.8, 4) is 0 Å². The van der Waals surface area contributed by atoms with Gasteiger partial charge >= 0.3 is 0 Å². The quantitative estimate of drug-likeness (QED) is 0.806. The summed E-state index contributed by atoms with van der Waals surface area (Å²) in [5.74, 6) is -0.320. The fourth-order valence-corrected chi connectivity index (χ4v) is 2.44. The summed E-state index contributed by atoms with van der Waals surface area (Å²) in [6, 6.07) is 8.75. The third kappa shape index (κ3) is 4.60. The van der Waals surface area contributed by atoms with E-state index in [9.17, 15) is 4.79 Å². The molecule has 0 saturated carbocycles. The number of pyridine rings is 1. The molecular weight excluding hydrogens is 333 g/mol. The van der Waals surface area contributed by atoms with Gasteiger partial charge in [-0.3, -0.25) is 9.78 Å². The normalized spacial score (nSPS) is 10.4. The maximum absolute atomic E-state index is 12.4. The molecule has 2 rings (SSSR count). The molecule has 0 aliphatic rings. The van der Waals surface area contributed by atoms with Gasteiger partial charge in [-0.1, -0.05) is 42.6 Å². The molecule has 0 unspecified atom stereocenters. The van der Waals surface area contributed by atoms with E-state index in [-0.39, 0.29) is 5.91 Å². The van der Waals surface area contributed by atoms with E-state index < -0.39 is 0 Å². The van der Waals surface area contributed by atoms with Gasteiger partial charge in [-0.25, -0.2) is 0 Å². The van der Waals surface area contributed by atoms with Crippen molar-refractivity contribution < 1.29 is 4.79 Å². The number of unbranched alkanes of at least 4 members (excludes halogenated alkanes) is 1. The molecule has 1 N–H and O–H groups in total. The minimum absolute atomic E-state index is 0.318. The Morgan fingerprint density at radius 1 is 1.30 bits per heavy atom. The number of carbonyl (C=O) groups is 1. The Hall–Kier alpha value is -1.78. The molecule has 2 aromatic rings. The van der Waals surface area contributed by atoms with Crippen molar-refractivity contribution in [1.82, 2.24) is 4.98 Å². The van der Waals surface area contributed by atoms with Crippen molar-refractivity contribution in [1.29, 1.82) is 0 Å². The van der Waals surface area contributed by atoms with Gasteiger partial charge in [0.1, 0.15) is 5.69 Å². The maximum atomic E-state index is 12.4. The molecule has 0 fully saturated rings. The molecular formula is C17H19Cl2N3O. The minimum Gasteiger partial charge on any atom is -0.374 e. The van der Waals surface area contributed by atoms with Crippen LogP contribution in [0.4, 0.5) is 11.4 Å². The zero-order valence-corrected chi connectivity index (χ0v) is 14.7. The second-order valence-corrected chi connectivity index (χ2v) is 6.02. The topological polar surface area (TPSA) is 45.2 Å². The second kappa shape index (κ2) is 8.18. The van der Waals surface area contributed by atoms with Crippen molar-refractivity contribution in [2.75, 3.05) is 23.8 Å². The fourth-order valence-electron chi connectivity index (χ4n) is 2.09. The first-order valence-corrected chi connectivity index (χ1v) is 8.21. The van der Waals surface area contributed by atoms with Crippen LogP contribution in [0, 0.1) is 0 Å². The summed E-state index contributed by atoms with van der Waals surface area (Å²) in [4.78, 5) is 18.6. The highest BCUT2D eigenvalue weighted by atomic mass is 35.5. The first-order valence-electron chi connectivity index (χ1n) is 7.45. The summed E-state index contributed by atoms with van der Waals surface area (Å²) >= 11 is 12.0. The largest absolute Gasteiger partial charge is 0.374 e. The first-order chi connectivity index (χ1) is 11.0. The third-order valence-electron chi connectivity index (χ3n) is 3.46. The lowest BCUT2D eigenvalue weighted by Crippen LogP contribution is -2.20. The van der Waals surface area contributed by atoms with E-state index in [0.717, 1.165) is 25.1 Å². The molecule has 6 heteroatoms. The van der Waals surface area contributed by atoms with Gasteiger partial charge in [0.05, 0.1) is 15.7 Å². The highest BCUT2D eigenvalue weighted by Crippen LogP contribution is 2.29. The summed E-state index contributed by atoms with van der Waals surface area (Å²) in [6.07, 6.45) is 3.85. The monoisotopic (exact) mass is 351 g/mol. The van der Waals surface area contributed by atoms with Gasteiger partial charge in [-0.2, -0.15) is 0 Å². The van der Waals surface area contributed by atoms with Gasteiger partial charge in [0.15, 0.2) is 0 Å². The van der Waals surface area contributed by atoms with Crippen molar-refractivity contribution in [2.45, 2.75) is 19.8 Å². The molecule has 0 spiro atoms. The molecule has 1 amide bonds. The Labute approximate surface area is 146 Å². The molecule has 1 aromatic carbocycles. The number of carbonyl (C=O) groups excluding carboxylic acids is 1. The van der Waals surface area contributed by atoms with E-state index in [1.807, 2.05) is 13.1 Å². The Bertz CT molecular complexity index is 691. The number of rotatable bonds is 6. The zero-order chi connectivity index (χ0) is 16.8. The van der Waals surface area contributed by atoms with E-state index in [2.05, 4.69) is 22.1 Å². The van der Waals surface area contributed by atoms with E-state index in [0.29, 0.717) is 21.4 Å². The van der Waals surface area contributed by atoms with Crippen LogP contribution in [0.3, 0.4) is 0 Å². The predicted molar refractivity (Wildman–Crippen MR) is 96.8 cm³/mol. The number of nitrogens with zero attached hydrogens (tertiary/aromatic N) is 2. The standard InChI is InChI=1S/C17H19Cl2N3O/c1-3-4-10-22(2)12-8-9-20-15(11-12)17(23)21-14-7-5-6-13(18)16(14)19/h5-9,11H,3-4,10H2,1-2H3,(H,21,23). The summed E-state index contributed by atoms with van der Waals surface area (Å²) in [5.41, 5.74) is 1.76. The van der Waals surface area contributed by atoms with E-state index >= 15 is 0 Å². The number of hydrogen-bond donors (Lipinski definition) is 1. The van der Waals surface area contributed by atoms with Crippen molar-refractivity contribution in [2.24, 2.45) is 0 Å². The van der Waals surface area contributed by atoms with Crippen LogP contribution in [-0.2, 0) is 0 Å². The minimum atomic E-state index is -0.320. The highest BCUT2D eigenvalue weighted by molar-refractivity contribution is 6.44. The first kappa shape index (κ1) is 17.6. The summed E-state index contributed by atoms with van der Waals surface area (Å²) in [6.45, 7) is 3.08. The van der Waals surface area contributed by atoms with Crippen molar-refractivity contribution in [3.63, 3.8) is 0 Å². The Morgan fingerprint density at radius 2 is 2.09 bits per heavy atom. The maximum Gasteiger partial charge on any atom is 0.274 e. The van der Waals surface area contributed by atoms with E-state index in [1.54, 1.807) is 30.5 Å². The van der Waals surface area contributed by atoms with Gasteiger partial charge < -0.3 is 10.2 Å². The van der Waals surface area contributed by atoms with Gasteiger partial charge in [0.25, 0.3) is 5.91 Å². The molecule has 0 radical (unpaired) electrons. The van der Waals surface area contributed by atoms with Gasteiger partial charge in [-0.15, -0.1) is 0 Å². The molecule has 0 saturated heterocycles.